The molecule has 0 bridgehead atoms. The first-order valence-corrected chi connectivity index (χ1v) is 8.56. The number of halogens is 1. The molecule has 144 valence electrons. The topological polar surface area (TPSA) is 61.2 Å². The number of benzene rings is 1. The van der Waals surface area contributed by atoms with Crippen molar-refractivity contribution in [2.45, 2.75) is 26.2 Å². The molecule has 2 rings (SSSR count). The normalized spacial score (nSPS) is 16.7. The lowest BCUT2D eigenvalue weighted by atomic mass is 9.83. The minimum atomic E-state index is -0.742. The Labute approximate surface area is 158 Å². The van der Waals surface area contributed by atoms with Gasteiger partial charge in [-0.2, -0.15) is 0 Å². The number of hydrogen-bond donors (Lipinski definition) is 1. The number of nitrogens with one attached hydrogen (secondary N) is 1. The van der Waals surface area contributed by atoms with E-state index in [0.717, 1.165) is 0 Å². The third-order valence-electron chi connectivity index (χ3n) is 4.18. The van der Waals surface area contributed by atoms with Gasteiger partial charge in [0.15, 0.2) is 5.70 Å². The third-order valence-corrected chi connectivity index (χ3v) is 4.18. The summed E-state index contributed by atoms with van der Waals surface area (Å²) in [6, 6.07) is 4.04. The van der Waals surface area contributed by atoms with Gasteiger partial charge in [0.2, 0.25) is 0 Å². The fourth-order valence-corrected chi connectivity index (χ4v) is 3.03. The van der Waals surface area contributed by atoms with Crippen molar-refractivity contribution >= 4 is 5.97 Å². The molecule has 1 aliphatic heterocycles. The number of hydrogen-bond acceptors (Lipinski definition) is 5. The minimum Gasteiger partial charge on any atom is -0.496 e. The molecular weight excluding hydrogens is 351 g/mol. The second-order valence-electron chi connectivity index (χ2n) is 6.03. The SMILES string of the molecule is [C-]#[N+]C1=C(C)NC(COC)=C(C(=O)OCCC)C1c1ccc(F)cc1OC. The van der Waals surface area contributed by atoms with Crippen LogP contribution in [0.15, 0.2) is 40.9 Å². The molecule has 1 aromatic rings. The average molecular weight is 374 g/mol. The molecule has 7 heteroatoms. The van der Waals surface area contributed by atoms with Crippen LogP contribution < -0.4 is 10.1 Å². The van der Waals surface area contributed by atoms with Crippen molar-refractivity contribution in [1.29, 1.82) is 0 Å². The monoisotopic (exact) mass is 374 g/mol. The van der Waals surface area contributed by atoms with Crippen molar-refractivity contribution < 1.29 is 23.4 Å². The summed E-state index contributed by atoms with van der Waals surface area (Å²) in [6.07, 6.45) is 0.668. The summed E-state index contributed by atoms with van der Waals surface area (Å²) in [5.74, 6) is -1.49. The van der Waals surface area contributed by atoms with E-state index in [-0.39, 0.29) is 24.5 Å². The van der Waals surface area contributed by atoms with Crippen molar-refractivity contribution in [2.24, 2.45) is 0 Å². The first-order chi connectivity index (χ1) is 13.0. The first kappa shape index (κ1) is 20.5. The minimum absolute atomic E-state index is 0.138. The summed E-state index contributed by atoms with van der Waals surface area (Å²) in [5.41, 5.74) is 2.22. The highest BCUT2D eigenvalue weighted by Crippen LogP contribution is 2.43. The molecule has 0 fully saturated rings. The maximum absolute atomic E-state index is 13.7. The molecule has 6 nitrogen and oxygen atoms in total. The number of esters is 1. The Hall–Kier alpha value is -2.85. The highest BCUT2D eigenvalue weighted by atomic mass is 19.1. The van der Waals surface area contributed by atoms with Gasteiger partial charge in [0.05, 0.1) is 44.1 Å². The number of nitrogens with zero attached hydrogens (tertiary/aromatic N) is 1. The molecule has 0 saturated carbocycles. The van der Waals surface area contributed by atoms with Crippen molar-refractivity contribution in [3.63, 3.8) is 0 Å². The summed E-state index contributed by atoms with van der Waals surface area (Å²) in [7, 11) is 2.93. The van der Waals surface area contributed by atoms with E-state index in [4.69, 9.17) is 20.8 Å². The van der Waals surface area contributed by atoms with Crippen LogP contribution in [0, 0.1) is 12.4 Å². The lowest BCUT2D eigenvalue weighted by molar-refractivity contribution is -0.139. The van der Waals surface area contributed by atoms with Gasteiger partial charge in [-0.3, -0.25) is 0 Å². The van der Waals surface area contributed by atoms with Gasteiger partial charge in [-0.05, 0) is 25.0 Å². The number of carbonyl (C=O) groups is 1. The van der Waals surface area contributed by atoms with Gasteiger partial charge in [-0.25, -0.2) is 14.0 Å². The molecular formula is C20H23FN2O4. The number of rotatable bonds is 7. The van der Waals surface area contributed by atoms with E-state index >= 15 is 0 Å². The molecule has 1 unspecified atom stereocenters. The molecule has 1 aliphatic rings. The predicted octanol–water partition coefficient (Wildman–Crippen LogP) is 3.53. The zero-order valence-electron chi connectivity index (χ0n) is 15.9. The van der Waals surface area contributed by atoms with Crippen LogP contribution in [0.1, 0.15) is 31.7 Å². The molecule has 0 aromatic heterocycles. The summed E-state index contributed by atoms with van der Waals surface area (Å²) in [6.45, 7) is 11.7. The van der Waals surface area contributed by atoms with Gasteiger partial charge in [0.1, 0.15) is 11.6 Å². The van der Waals surface area contributed by atoms with Crippen LogP contribution in [0.2, 0.25) is 0 Å². The summed E-state index contributed by atoms with van der Waals surface area (Å²) < 4.78 is 29.6. The Kier molecular flexibility index (Phi) is 6.97. The zero-order chi connectivity index (χ0) is 20.0. The largest absolute Gasteiger partial charge is 0.496 e. The van der Waals surface area contributed by atoms with Crippen LogP contribution in [0.25, 0.3) is 4.85 Å². The molecule has 0 saturated heterocycles. The number of allylic oxidation sites excluding steroid dienone is 2. The van der Waals surface area contributed by atoms with Crippen LogP contribution in [0.3, 0.4) is 0 Å². The number of ether oxygens (including phenoxy) is 3. The third kappa shape index (κ3) is 4.29. The van der Waals surface area contributed by atoms with Gasteiger partial charge < -0.3 is 19.5 Å². The molecule has 27 heavy (non-hydrogen) atoms. The van der Waals surface area contributed by atoms with E-state index in [1.807, 2.05) is 6.92 Å². The van der Waals surface area contributed by atoms with E-state index in [2.05, 4.69) is 10.2 Å². The van der Waals surface area contributed by atoms with E-state index in [1.165, 1.54) is 32.4 Å². The molecule has 0 spiro atoms. The van der Waals surface area contributed by atoms with Gasteiger partial charge in [-0.1, -0.05) is 13.0 Å². The van der Waals surface area contributed by atoms with Gasteiger partial charge >= 0.3 is 5.97 Å². The molecule has 1 N–H and O–H groups in total. The van der Waals surface area contributed by atoms with Crippen LogP contribution in [-0.4, -0.2) is 33.4 Å². The van der Waals surface area contributed by atoms with E-state index in [1.54, 1.807) is 6.92 Å². The Morgan fingerprint density at radius 1 is 1.37 bits per heavy atom. The van der Waals surface area contributed by atoms with Crippen molar-refractivity contribution in [1.82, 2.24) is 5.32 Å². The van der Waals surface area contributed by atoms with Crippen molar-refractivity contribution in [3.8, 4) is 5.75 Å². The summed E-state index contributed by atoms with van der Waals surface area (Å²) in [5, 5.41) is 3.08. The predicted molar refractivity (Wildman–Crippen MR) is 98.3 cm³/mol. The number of carbonyl (C=O) groups excluding carboxylic acids is 1. The Balaban J connectivity index is 2.70. The number of methoxy groups -OCH3 is 2. The highest BCUT2D eigenvalue weighted by molar-refractivity contribution is 5.93. The Bertz CT molecular complexity index is 824. The number of dihydropyridines is 1. The molecule has 0 radical (unpaired) electrons. The van der Waals surface area contributed by atoms with Gasteiger partial charge in [-0.15, -0.1) is 0 Å². The fourth-order valence-electron chi connectivity index (χ4n) is 3.03. The highest BCUT2D eigenvalue weighted by Gasteiger charge is 2.37. The van der Waals surface area contributed by atoms with Gasteiger partial charge in [0.25, 0.3) is 0 Å². The van der Waals surface area contributed by atoms with Gasteiger partial charge in [0, 0.05) is 18.9 Å². The second kappa shape index (κ2) is 9.19. The Morgan fingerprint density at radius 3 is 2.70 bits per heavy atom. The molecule has 0 aliphatic carbocycles. The molecule has 0 amide bonds. The van der Waals surface area contributed by atoms with Crippen LogP contribution in [-0.2, 0) is 14.3 Å². The standard InChI is InChI=1S/C20H23FN2O4/c1-6-9-27-20(24)18-15(11-25-4)23-12(2)19(22-3)17(18)14-8-7-13(21)10-16(14)26-5/h7-8,10,17,23H,6,9,11H2,1-2,4-5H3. The van der Waals surface area contributed by atoms with E-state index in [0.29, 0.717) is 29.1 Å². The Morgan fingerprint density at radius 2 is 2.11 bits per heavy atom. The quantitative estimate of drug-likeness (QED) is 0.584. The first-order valence-electron chi connectivity index (χ1n) is 8.56. The van der Waals surface area contributed by atoms with E-state index < -0.39 is 17.7 Å². The lowest BCUT2D eigenvalue weighted by Crippen LogP contribution is -2.31. The maximum atomic E-state index is 13.7. The van der Waals surface area contributed by atoms with Crippen LogP contribution in [0.5, 0.6) is 5.75 Å². The van der Waals surface area contributed by atoms with Crippen molar-refractivity contribution in [2.75, 3.05) is 27.4 Å². The second-order valence-corrected chi connectivity index (χ2v) is 6.03. The summed E-state index contributed by atoms with van der Waals surface area (Å²) >= 11 is 0. The van der Waals surface area contributed by atoms with Crippen molar-refractivity contribution in [3.05, 3.63) is 63.7 Å². The zero-order valence-corrected chi connectivity index (χ0v) is 15.9. The smallest absolute Gasteiger partial charge is 0.335 e. The average Bonchev–Trinajstić information content (AvgIpc) is 2.65. The lowest BCUT2D eigenvalue weighted by Gasteiger charge is -2.30. The van der Waals surface area contributed by atoms with Crippen LogP contribution >= 0.6 is 0 Å². The summed E-state index contributed by atoms with van der Waals surface area (Å²) in [4.78, 5) is 16.5. The van der Waals surface area contributed by atoms with E-state index in [9.17, 15) is 9.18 Å². The molecule has 1 atom stereocenters. The fraction of sp³-hybridized carbons (Fsp3) is 0.400. The molecule has 1 heterocycles. The molecule has 1 aromatic carbocycles. The maximum Gasteiger partial charge on any atom is 0.335 e. The van der Waals surface area contributed by atoms with Crippen LogP contribution in [0.4, 0.5) is 4.39 Å².